The molecule has 0 fully saturated rings. The SMILES string of the molecule is O=C(C=Cc1cc(Cl)c2c(c1)OCCO2)c1ccc(O)cc1. The van der Waals surface area contributed by atoms with Crippen molar-refractivity contribution >= 4 is 23.5 Å². The largest absolute Gasteiger partial charge is 0.508 e. The lowest BCUT2D eigenvalue weighted by Gasteiger charge is -2.19. The molecule has 0 atom stereocenters. The molecule has 0 amide bonds. The standard InChI is InChI=1S/C17H13ClO4/c18-14-9-11(10-16-17(14)22-8-7-21-16)1-6-15(20)12-2-4-13(19)5-3-12/h1-6,9-10,19H,7-8H2. The van der Waals surface area contributed by atoms with E-state index in [2.05, 4.69) is 0 Å². The number of benzene rings is 2. The molecule has 0 spiro atoms. The highest BCUT2D eigenvalue weighted by atomic mass is 35.5. The molecule has 0 aliphatic carbocycles. The van der Waals surface area contributed by atoms with Gasteiger partial charge in [0.15, 0.2) is 17.3 Å². The molecule has 1 aliphatic heterocycles. The number of hydrogen-bond acceptors (Lipinski definition) is 4. The Balaban J connectivity index is 1.82. The molecular formula is C17H13ClO4. The van der Waals surface area contributed by atoms with E-state index in [1.807, 2.05) is 0 Å². The summed E-state index contributed by atoms with van der Waals surface area (Å²) in [5.74, 6) is 1.08. The van der Waals surface area contributed by atoms with Crippen LogP contribution < -0.4 is 9.47 Å². The Morgan fingerprint density at radius 2 is 1.86 bits per heavy atom. The fourth-order valence-electron chi connectivity index (χ4n) is 2.12. The number of allylic oxidation sites excluding steroid dienone is 1. The zero-order valence-corrected chi connectivity index (χ0v) is 12.3. The molecule has 0 unspecified atom stereocenters. The fraction of sp³-hybridized carbons (Fsp3) is 0.118. The zero-order valence-electron chi connectivity index (χ0n) is 11.6. The maximum atomic E-state index is 12.0. The first-order chi connectivity index (χ1) is 10.6. The first-order valence-electron chi connectivity index (χ1n) is 6.74. The second-order valence-electron chi connectivity index (χ2n) is 4.77. The molecule has 112 valence electrons. The molecule has 5 heteroatoms. The number of fused-ring (bicyclic) bond motifs is 1. The van der Waals surface area contributed by atoms with Crippen LogP contribution in [-0.2, 0) is 0 Å². The van der Waals surface area contributed by atoms with Gasteiger partial charge in [0, 0.05) is 5.56 Å². The molecule has 0 saturated carbocycles. The number of hydrogen-bond donors (Lipinski definition) is 1. The third-order valence-corrected chi connectivity index (χ3v) is 3.48. The van der Waals surface area contributed by atoms with E-state index in [9.17, 15) is 9.90 Å². The minimum Gasteiger partial charge on any atom is -0.508 e. The van der Waals surface area contributed by atoms with E-state index in [1.165, 1.54) is 18.2 Å². The molecule has 3 rings (SSSR count). The lowest BCUT2D eigenvalue weighted by atomic mass is 10.1. The van der Waals surface area contributed by atoms with Gasteiger partial charge in [-0.15, -0.1) is 0 Å². The van der Waals surface area contributed by atoms with Crippen LogP contribution in [0.1, 0.15) is 15.9 Å². The van der Waals surface area contributed by atoms with Crippen molar-refractivity contribution in [3.63, 3.8) is 0 Å². The van der Waals surface area contributed by atoms with Crippen molar-refractivity contribution in [3.8, 4) is 17.2 Å². The van der Waals surface area contributed by atoms with Crippen LogP contribution in [0.3, 0.4) is 0 Å². The molecule has 1 aliphatic rings. The maximum Gasteiger partial charge on any atom is 0.185 e. The Morgan fingerprint density at radius 3 is 2.64 bits per heavy atom. The Hall–Kier alpha value is -2.46. The Labute approximate surface area is 132 Å². The van der Waals surface area contributed by atoms with Gasteiger partial charge < -0.3 is 14.6 Å². The Morgan fingerprint density at radius 1 is 1.14 bits per heavy atom. The number of carbonyl (C=O) groups excluding carboxylic acids is 1. The Bertz CT molecular complexity index is 735. The molecule has 0 aromatic heterocycles. The predicted molar refractivity (Wildman–Crippen MR) is 83.9 cm³/mol. The average molecular weight is 317 g/mol. The van der Waals surface area contributed by atoms with E-state index in [1.54, 1.807) is 30.3 Å². The number of ether oxygens (including phenoxy) is 2. The van der Waals surface area contributed by atoms with E-state index in [0.29, 0.717) is 35.3 Å². The number of phenolic OH excluding ortho intramolecular Hbond substituents is 1. The van der Waals surface area contributed by atoms with Crippen molar-refractivity contribution in [2.75, 3.05) is 13.2 Å². The van der Waals surface area contributed by atoms with Crippen LogP contribution >= 0.6 is 11.6 Å². The minimum absolute atomic E-state index is 0.124. The van der Waals surface area contributed by atoms with Crippen molar-refractivity contribution < 1.29 is 19.4 Å². The van der Waals surface area contributed by atoms with Gasteiger partial charge >= 0.3 is 0 Å². The van der Waals surface area contributed by atoms with Gasteiger partial charge in [0.05, 0.1) is 5.02 Å². The third-order valence-electron chi connectivity index (χ3n) is 3.20. The van der Waals surface area contributed by atoms with Crippen molar-refractivity contribution in [3.05, 3.63) is 58.6 Å². The number of rotatable bonds is 3. The average Bonchev–Trinajstić information content (AvgIpc) is 2.53. The summed E-state index contributed by atoms with van der Waals surface area (Å²) in [5, 5.41) is 9.67. The summed E-state index contributed by atoms with van der Waals surface area (Å²) < 4.78 is 10.9. The van der Waals surface area contributed by atoms with Crippen LogP contribution in [0.2, 0.25) is 5.02 Å². The van der Waals surface area contributed by atoms with Gasteiger partial charge in [0.25, 0.3) is 0 Å². The summed E-state index contributed by atoms with van der Waals surface area (Å²) in [6.45, 7) is 0.949. The van der Waals surface area contributed by atoms with E-state index in [4.69, 9.17) is 21.1 Å². The molecule has 0 saturated heterocycles. The van der Waals surface area contributed by atoms with Gasteiger partial charge in [-0.2, -0.15) is 0 Å². The fourth-order valence-corrected chi connectivity index (χ4v) is 2.39. The normalized spacial score (nSPS) is 13.3. The molecule has 2 aromatic carbocycles. The highest BCUT2D eigenvalue weighted by Crippen LogP contribution is 2.38. The van der Waals surface area contributed by atoms with Crippen molar-refractivity contribution in [2.45, 2.75) is 0 Å². The van der Waals surface area contributed by atoms with Gasteiger partial charge in [0.1, 0.15) is 19.0 Å². The van der Waals surface area contributed by atoms with Gasteiger partial charge in [0.2, 0.25) is 0 Å². The van der Waals surface area contributed by atoms with Crippen LogP contribution in [0, 0.1) is 0 Å². The maximum absolute atomic E-state index is 12.0. The summed E-state index contributed by atoms with van der Waals surface area (Å²) in [5.41, 5.74) is 1.25. The van der Waals surface area contributed by atoms with E-state index in [0.717, 1.165) is 5.56 Å². The smallest absolute Gasteiger partial charge is 0.185 e. The first kappa shape index (κ1) is 14.5. The van der Waals surface area contributed by atoms with Crippen molar-refractivity contribution in [2.24, 2.45) is 0 Å². The summed E-state index contributed by atoms with van der Waals surface area (Å²) in [6.07, 6.45) is 3.12. The number of ketones is 1. The quantitative estimate of drug-likeness (QED) is 0.692. The van der Waals surface area contributed by atoms with Gasteiger partial charge in [-0.25, -0.2) is 0 Å². The summed E-state index contributed by atoms with van der Waals surface area (Å²) in [7, 11) is 0. The number of halogens is 1. The molecule has 22 heavy (non-hydrogen) atoms. The van der Waals surface area contributed by atoms with Crippen molar-refractivity contribution in [1.29, 1.82) is 0 Å². The molecule has 2 aromatic rings. The lowest BCUT2D eigenvalue weighted by Crippen LogP contribution is -2.15. The molecule has 1 N–H and O–H groups in total. The van der Waals surface area contributed by atoms with E-state index >= 15 is 0 Å². The van der Waals surface area contributed by atoms with Crippen LogP contribution in [0.25, 0.3) is 6.08 Å². The molecule has 4 nitrogen and oxygen atoms in total. The highest BCUT2D eigenvalue weighted by molar-refractivity contribution is 6.32. The van der Waals surface area contributed by atoms with Gasteiger partial charge in [-0.05, 0) is 48.0 Å². The topological polar surface area (TPSA) is 55.8 Å². The predicted octanol–water partition coefficient (Wildman–Crippen LogP) is 3.71. The molecule has 1 heterocycles. The second-order valence-corrected chi connectivity index (χ2v) is 5.18. The van der Waals surface area contributed by atoms with E-state index in [-0.39, 0.29) is 11.5 Å². The first-order valence-corrected chi connectivity index (χ1v) is 7.12. The molecule has 0 bridgehead atoms. The monoisotopic (exact) mass is 316 g/mol. The summed E-state index contributed by atoms with van der Waals surface area (Å²) in [4.78, 5) is 12.0. The summed E-state index contributed by atoms with van der Waals surface area (Å²) in [6, 6.07) is 9.58. The van der Waals surface area contributed by atoms with Gasteiger partial charge in [-0.1, -0.05) is 17.7 Å². The molecular weight excluding hydrogens is 304 g/mol. The lowest BCUT2D eigenvalue weighted by molar-refractivity contribution is 0.104. The van der Waals surface area contributed by atoms with E-state index < -0.39 is 0 Å². The zero-order chi connectivity index (χ0) is 15.5. The minimum atomic E-state index is -0.161. The van der Waals surface area contributed by atoms with Crippen LogP contribution in [0.4, 0.5) is 0 Å². The summed E-state index contributed by atoms with van der Waals surface area (Å²) >= 11 is 6.15. The molecule has 0 radical (unpaired) electrons. The van der Waals surface area contributed by atoms with Crippen LogP contribution in [0.15, 0.2) is 42.5 Å². The van der Waals surface area contributed by atoms with Crippen molar-refractivity contribution in [1.82, 2.24) is 0 Å². The highest BCUT2D eigenvalue weighted by Gasteiger charge is 2.16. The van der Waals surface area contributed by atoms with Gasteiger partial charge in [-0.3, -0.25) is 4.79 Å². The third kappa shape index (κ3) is 3.07. The van der Waals surface area contributed by atoms with Crippen LogP contribution in [-0.4, -0.2) is 24.1 Å². The number of aromatic hydroxyl groups is 1. The Kier molecular flexibility index (Phi) is 4.02. The number of phenols is 1. The van der Waals surface area contributed by atoms with Crippen LogP contribution in [0.5, 0.6) is 17.2 Å². The number of carbonyl (C=O) groups is 1. The second kappa shape index (κ2) is 6.12.